The van der Waals surface area contributed by atoms with E-state index in [9.17, 15) is 5.11 Å². The first-order chi connectivity index (χ1) is 7.18. The van der Waals surface area contributed by atoms with Crippen LogP contribution in [0.15, 0.2) is 30.6 Å². The summed E-state index contributed by atoms with van der Waals surface area (Å²) in [6.45, 7) is 1.87. The average Bonchev–Trinajstić information content (AvgIpc) is 2.20. The molecule has 0 saturated heterocycles. The van der Waals surface area contributed by atoms with Crippen molar-refractivity contribution in [2.45, 2.75) is 6.92 Å². The predicted octanol–water partition coefficient (Wildman–Crippen LogP) is 2.81. The molecule has 1 N–H and O–H groups in total. The van der Waals surface area contributed by atoms with Crippen LogP contribution in [0, 0.1) is 6.92 Å². The molecular weight excluding hydrogens is 212 g/mol. The maximum atomic E-state index is 9.23. The number of aryl methyl sites for hydroxylation is 1. The lowest BCUT2D eigenvalue weighted by molar-refractivity contribution is 0.475. The van der Waals surface area contributed by atoms with Crippen LogP contribution in [0.5, 0.6) is 5.75 Å². The van der Waals surface area contributed by atoms with Gasteiger partial charge in [-0.3, -0.25) is 9.97 Å². The molecule has 3 nitrogen and oxygen atoms in total. The van der Waals surface area contributed by atoms with Crippen LogP contribution in [0.2, 0.25) is 5.02 Å². The highest BCUT2D eigenvalue weighted by Gasteiger charge is 2.08. The summed E-state index contributed by atoms with van der Waals surface area (Å²) < 4.78 is 0. The molecule has 0 aliphatic carbocycles. The third-order valence-electron chi connectivity index (χ3n) is 2.09. The molecule has 0 aliphatic rings. The summed E-state index contributed by atoms with van der Waals surface area (Å²) in [6.07, 6.45) is 3.25. The number of hydrogen-bond donors (Lipinski definition) is 1. The highest BCUT2D eigenvalue weighted by molar-refractivity contribution is 6.33. The van der Waals surface area contributed by atoms with Gasteiger partial charge in [0.1, 0.15) is 5.75 Å². The Balaban J connectivity index is 2.60. The smallest absolute Gasteiger partial charge is 0.117 e. The van der Waals surface area contributed by atoms with Crippen molar-refractivity contribution in [1.82, 2.24) is 9.97 Å². The number of benzene rings is 1. The zero-order chi connectivity index (χ0) is 10.8. The van der Waals surface area contributed by atoms with Crippen molar-refractivity contribution in [3.05, 3.63) is 41.3 Å². The normalized spacial score (nSPS) is 10.3. The van der Waals surface area contributed by atoms with Crippen molar-refractivity contribution >= 4 is 11.6 Å². The van der Waals surface area contributed by atoms with Crippen LogP contribution in [0.25, 0.3) is 11.3 Å². The van der Waals surface area contributed by atoms with E-state index in [-0.39, 0.29) is 5.75 Å². The van der Waals surface area contributed by atoms with Crippen LogP contribution >= 0.6 is 11.6 Å². The van der Waals surface area contributed by atoms with Crippen molar-refractivity contribution in [1.29, 1.82) is 0 Å². The summed E-state index contributed by atoms with van der Waals surface area (Å²) in [5, 5.41) is 9.70. The number of aromatic hydroxyl groups is 1. The van der Waals surface area contributed by atoms with Gasteiger partial charge in [0.2, 0.25) is 0 Å². The van der Waals surface area contributed by atoms with Gasteiger partial charge in [0.15, 0.2) is 0 Å². The Kier molecular flexibility index (Phi) is 2.56. The summed E-state index contributed by atoms with van der Waals surface area (Å²) in [4.78, 5) is 8.35. The van der Waals surface area contributed by atoms with Crippen LogP contribution in [0.1, 0.15) is 5.69 Å². The van der Waals surface area contributed by atoms with Gasteiger partial charge in [-0.2, -0.15) is 0 Å². The molecule has 0 unspecified atom stereocenters. The zero-order valence-electron chi connectivity index (χ0n) is 8.11. The van der Waals surface area contributed by atoms with E-state index in [1.165, 1.54) is 6.07 Å². The summed E-state index contributed by atoms with van der Waals surface area (Å²) in [5.74, 6) is 0.144. The number of phenols is 1. The number of rotatable bonds is 1. The summed E-state index contributed by atoms with van der Waals surface area (Å²) in [6, 6.07) is 4.80. The van der Waals surface area contributed by atoms with Crippen molar-refractivity contribution < 1.29 is 5.11 Å². The summed E-state index contributed by atoms with van der Waals surface area (Å²) in [5.41, 5.74) is 2.33. The Morgan fingerprint density at radius 2 is 1.93 bits per heavy atom. The van der Waals surface area contributed by atoms with Gasteiger partial charge >= 0.3 is 0 Å². The molecule has 2 aromatic rings. The Morgan fingerprint density at radius 1 is 1.20 bits per heavy atom. The lowest BCUT2D eigenvalue weighted by atomic mass is 10.1. The SMILES string of the molecule is Cc1nccnc1-c1ccc(O)cc1Cl. The minimum absolute atomic E-state index is 0.144. The van der Waals surface area contributed by atoms with Crippen LogP contribution in [-0.4, -0.2) is 15.1 Å². The predicted molar refractivity (Wildman–Crippen MR) is 58.9 cm³/mol. The minimum Gasteiger partial charge on any atom is -0.508 e. The lowest BCUT2D eigenvalue weighted by Crippen LogP contribution is -1.91. The fraction of sp³-hybridized carbons (Fsp3) is 0.0909. The number of hydrogen-bond acceptors (Lipinski definition) is 3. The largest absolute Gasteiger partial charge is 0.508 e. The Labute approximate surface area is 92.4 Å². The number of nitrogens with zero attached hydrogens (tertiary/aromatic N) is 2. The molecule has 0 radical (unpaired) electrons. The van der Waals surface area contributed by atoms with E-state index in [4.69, 9.17) is 11.6 Å². The Morgan fingerprint density at radius 3 is 2.60 bits per heavy atom. The van der Waals surface area contributed by atoms with Gasteiger partial charge in [-0.1, -0.05) is 11.6 Å². The van der Waals surface area contributed by atoms with E-state index < -0.39 is 0 Å². The minimum atomic E-state index is 0.144. The molecule has 15 heavy (non-hydrogen) atoms. The van der Waals surface area contributed by atoms with E-state index in [1.807, 2.05) is 6.92 Å². The van der Waals surface area contributed by atoms with E-state index in [1.54, 1.807) is 24.5 Å². The van der Waals surface area contributed by atoms with Crippen molar-refractivity contribution in [3.63, 3.8) is 0 Å². The van der Waals surface area contributed by atoms with Crippen LogP contribution in [-0.2, 0) is 0 Å². The van der Waals surface area contributed by atoms with Crippen molar-refractivity contribution in [2.24, 2.45) is 0 Å². The molecule has 76 valence electrons. The molecule has 1 heterocycles. The third-order valence-corrected chi connectivity index (χ3v) is 2.40. The van der Waals surface area contributed by atoms with E-state index in [0.717, 1.165) is 17.0 Å². The Hall–Kier alpha value is -1.61. The van der Waals surface area contributed by atoms with Crippen LogP contribution in [0.3, 0.4) is 0 Å². The van der Waals surface area contributed by atoms with Crippen molar-refractivity contribution in [2.75, 3.05) is 0 Å². The highest BCUT2D eigenvalue weighted by Crippen LogP contribution is 2.30. The van der Waals surface area contributed by atoms with E-state index in [2.05, 4.69) is 9.97 Å². The van der Waals surface area contributed by atoms with Gasteiger partial charge in [0, 0.05) is 18.0 Å². The number of phenolic OH excluding ortho intramolecular Hbond substituents is 1. The second kappa shape index (κ2) is 3.87. The molecule has 1 aromatic heterocycles. The van der Waals surface area contributed by atoms with E-state index >= 15 is 0 Å². The number of halogens is 1. The molecule has 1 aromatic carbocycles. The topological polar surface area (TPSA) is 46.0 Å². The maximum absolute atomic E-state index is 9.23. The van der Waals surface area contributed by atoms with Crippen LogP contribution < -0.4 is 0 Å². The molecule has 0 spiro atoms. The van der Waals surface area contributed by atoms with Gasteiger partial charge in [-0.25, -0.2) is 0 Å². The van der Waals surface area contributed by atoms with Gasteiger partial charge in [-0.15, -0.1) is 0 Å². The first kappa shape index (κ1) is 9.93. The molecule has 0 fully saturated rings. The second-order valence-corrected chi connectivity index (χ2v) is 3.56. The van der Waals surface area contributed by atoms with E-state index in [0.29, 0.717) is 5.02 Å². The van der Waals surface area contributed by atoms with Gasteiger partial charge in [0.25, 0.3) is 0 Å². The maximum Gasteiger partial charge on any atom is 0.117 e. The lowest BCUT2D eigenvalue weighted by Gasteiger charge is -2.05. The monoisotopic (exact) mass is 220 g/mol. The molecule has 0 atom stereocenters. The molecule has 4 heteroatoms. The van der Waals surface area contributed by atoms with Gasteiger partial charge in [-0.05, 0) is 25.1 Å². The average molecular weight is 221 g/mol. The fourth-order valence-corrected chi connectivity index (χ4v) is 1.63. The second-order valence-electron chi connectivity index (χ2n) is 3.15. The molecule has 0 amide bonds. The van der Waals surface area contributed by atoms with Gasteiger partial charge < -0.3 is 5.11 Å². The Bertz CT molecular complexity index is 500. The third kappa shape index (κ3) is 1.92. The summed E-state index contributed by atoms with van der Waals surface area (Å²) >= 11 is 6.01. The first-order valence-corrected chi connectivity index (χ1v) is 4.83. The molecule has 2 rings (SSSR count). The van der Waals surface area contributed by atoms with Gasteiger partial charge in [0.05, 0.1) is 16.4 Å². The molecule has 0 saturated carbocycles. The number of aromatic nitrogens is 2. The summed E-state index contributed by atoms with van der Waals surface area (Å²) in [7, 11) is 0. The van der Waals surface area contributed by atoms with Crippen molar-refractivity contribution in [3.8, 4) is 17.0 Å². The standard InChI is InChI=1S/C11H9ClN2O/c1-7-11(14-5-4-13-7)9-3-2-8(15)6-10(9)12/h2-6,15H,1H3. The fourth-order valence-electron chi connectivity index (χ4n) is 1.37. The molecule has 0 aliphatic heterocycles. The first-order valence-electron chi connectivity index (χ1n) is 4.45. The quantitative estimate of drug-likeness (QED) is 0.804. The zero-order valence-corrected chi connectivity index (χ0v) is 8.86. The molecular formula is C11H9ClN2O. The highest BCUT2D eigenvalue weighted by atomic mass is 35.5. The molecule has 0 bridgehead atoms. The van der Waals surface area contributed by atoms with Crippen LogP contribution in [0.4, 0.5) is 0 Å².